The van der Waals surface area contributed by atoms with E-state index >= 15 is 0 Å². The van der Waals surface area contributed by atoms with E-state index in [1.54, 1.807) is 21.5 Å². The van der Waals surface area contributed by atoms with E-state index < -0.39 is 0 Å². The number of benzene rings is 1. The number of nitrogens with one attached hydrogen (secondary N) is 1. The summed E-state index contributed by atoms with van der Waals surface area (Å²) in [6.45, 7) is 7.53. The topological polar surface area (TPSA) is 95.0 Å². The third kappa shape index (κ3) is 6.20. The number of nitrogens with zero attached hydrogens (tertiary/aromatic N) is 4. The van der Waals surface area contributed by atoms with Gasteiger partial charge in [0.2, 0.25) is 17.7 Å². The molecule has 9 heteroatoms. The highest BCUT2D eigenvalue weighted by Gasteiger charge is 2.32. The maximum Gasteiger partial charge on any atom is 0.295 e. The van der Waals surface area contributed by atoms with Crippen LogP contribution in [0.1, 0.15) is 56.0 Å². The van der Waals surface area contributed by atoms with E-state index in [2.05, 4.69) is 22.1 Å². The number of carbonyl (C=O) groups excluding carboxylic acids is 1. The Labute approximate surface area is 221 Å². The number of amides is 1. The summed E-state index contributed by atoms with van der Waals surface area (Å²) < 4.78 is 9.21. The summed E-state index contributed by atoms with van der Waals surface area (Å²) in [6, 6.07) is 9.37. The molecule has 37 heavy (non-hydrogen) atoms. The predicted octanol–water partition coefficient (Wildman–Crippen LogP) is 5.58. The van der Waals surface area contributed by atoms with Crippen LogP contribution in [-0.4, -0.2) is 25.5 Å². The Kier molecular flexibility index (Phi) is 8.28. The van der Waals surface area contributed by atoms with Crippen LogP contribution < -0.4 is 10.9 Å². The van der Waals surface area contributed by atoms with Crippen LogP contribution in [0.3, 0.4) is 0 Å². The first-order valence-electron chi connectivity index (χ1n) is 12.4. The molecule has 1 N–H and O–H groups in total. The Hall–Kier alpha value is -3.65. The van der Waals surface area contributed by atoms with Crippen LogP contribution in [0.5, 0.6) is 0 Å². The third-order valence-electron chi connectivity index (χ3n) is 6.68. The van der Waals surface area contributed by atoms with Crippen molar-refractivity contribution in [1.29, 1.82) is 0 Å². The van der Waals surface area contributed by atoms with Gasteiger partial charge in [-0.25, -0.2) is 4.68 Å². The molecule has 1 amide bonds. The van der Waals surface area contributed by atoms with Crippen LogP contribution in [0.15, 0.2) is 75.0 Å². The van der Waals surface area contributed by atoms with Gasteiger partial charge in [0, 0.05) is 30.3 Å². The first-order valence-corrected chi connectivity index (χ1v) is 12.8. The van der Waals surface area contributed by atoms with Crippen molar-refractivity contribution in [3.8, 4) is 5.69 Å². The first kappa shape index (κ1) is 26.4. The summed E-state index contributed by atoms with van der Waals surface area (Å²) in [7, 11) is 1.81. The second-order valence-corrected chi connectivity index (χ2v) is 9.93. The zero-order chi connectivity index (χ0) is 26.5. The Balaban J connectivity index is 1.43. The molecule has 0 unspecified atom stereocenters. The van der Waals surface area contributed by atoms with Crippen molar-refractivity contribution in [2.24, 2.45) is 13.0 Å². The van der Waals surface area contributed by atoms with Gasteiger partial charge in [0.1, 0.15) is 5.69 Å². The molecule has 8 nitrogen and oxygen atoms in total. The Morgan fingerprint density at radius 1 is 1.24 bits per heavy atom. The average molecular weight is 522 g/mol. The van der Waals surface area contributed by atoms with E-state index in [4.69, 9.17) is 16.0 Å². The summed E-state index contributed by atoms with van der Waals surface area (Å²) in [6.07, 6.45) is 8.89. The minimum Gasteiger partial charge on any atom is -0.425 e. The van der Waals surface area contributed by atoms with E-state index in [9.17, 15) is 9.59 Å². The fourth-order valence-electron chi connectivity index (χ4n) is 4.58. The van der Waals surface area contributed by atoms with Crippen LogP contribution in [0.4, 0.5) is 5.69 Å². The standard InChI is InChI=1S/C28H32ClN5O3/c1-18(2)13-14-22(29)15-16-24-31-32-27(37-24)21-10-8-9-20(17-21)26(35)30-25-19(3)33(4)34(28(25)36)23-11-6-5-7-12-23/h5-7,11-15,20-21H,1,8-10,16-17H2,2-4H3,(H,30,35)/b14-13-,22-15+/t20-,21+/m1/s1. The maximum atomic E-state index is 13.2. The molecular formula is C28H32ClN5O3. The first-order chi connectivity index (χ1) is 17.7. The lowest BCUT2D eigenvalue weighted by molar-refractivity contribution is -0.121. The van der Waals surface area contributed by atoms with Gasteiger partial charge in [0.25, 0.3) is 5.56 Å². The lowest BCUT2D eigenvalue weighted by atomic mass is 9.81. The third-order valence-corrected chi connectivity index (χ3v) is 6.96. The normalized spacial score (nSPS) is 18.3. The average Bonchev–Trinajstić information content (AvgIpc) is 3.45. The molecule has 0 aliphatic heterocycles. The van der Waals surface area contributed by atoms with Crippen molar-refractivity contribution >= 4 is 23.2 Å². The number of aromatic nitrogens is 4. The molecule has 2 atom stereocenters. The molecule has 3 aromatic rings. The highest BCUT2D eigenvalue weighted by atomic mass is 35.5. The number of rotatable bonds is 8. The molecule has 1 saturated carbocycles. The van der Waals surface area contributed by atoms with Gasteiger partial charge < -0.3 is 9.73 Å². The van der Waals surface area contributed by atoms with E-state index in [1.807, 2.05) is 57.3 Å². The quantitative estimate of drug-likeness (QED) is 0.390. The summed E-state index contributed by atoms with van der Waals surface area (Å²) in [5, 5.41) is 11.9. The lowest BCUT2D eigenvalue weighted by Crippen LogP contribution is -2.30. The lowest BCUT2D eigenvalue weighted by Gasteiger charge is -2.26. The Morgan fingerprint density at radius 2 is 2.00 bits per heavy atom. The van der Waals surface area contributed by atoms with Crippen LogP contribution >= 0.6 is 11.6 Å². The number of para-hydroxylation sites is 1. The fourth-order valence-corrected chi connectivity index (χ4v) is 4.72. The molecule has 0 radical (unpaired) electrons. The molecular weight excluding hydrogens is 490 g/mol. The second-order valence-electron chi connectivity index (χ2n) is 9.49. The number of anilines is 1. The van der Waals surface area contributed by atoms with Crippen LogP contribution in [0, 0.1) is 12.8 Å². The number of allylic oxidation sites excluding steroid dienone is 5. The smallest absolute Gasteiger partial charge is 0.295 e. The van der Waals surface area contributed by atoms with Gasteiger partial charge in [0.15, 0.2) is 0 Å². The van der Waals surface area contributed by atoms with Crippen molar-refractivity contribution < 1.29 is 9.21 Å². The highest BCUT2D eigenvalue weighted by Crippen LogP contribution is 2.36. The number of hydrogen-bond acceptors (Lipinski definition) is 5. The van der Waals surface area contributed by atoms with Crippen LogP contribution in [-0.2, 0) is 18.3 Å². The molecule has 2 aromatic heterocycles. The van der Waals surface area contributed by atoms with Crippen molar-refractivity contribution in [3.05, 3.63) is 93.6 Å². The van der Waals surface area contributed by atoms with Gasteiger partial charge >= 0.3 is 0 Å². The molecule has 194 valence electrons. The van der Waals surface area contributed by atoms with Gasteiger partial charge in [-0.15, -0.1) is 10.2 Å². The van der Waals surface area contributed by atoms with E-state index in [0.717, 1.165) is 30.5 Å². The largest absolute Gasteiger partial charge is 0.425 e. The number of hydrogen-bond donors (Lipinski definition) is 1. The number of carbonyl (C=O) groups is 1. The van der Waals surface area contributed by atoms with Crippen molar-refractivity contribution in [2.45, 2.75) is 51.9 Å². The Morgan fingerprint density at radius 3 is 2.73 bits per heavy atom. The highest BCUT2D eigenvalue weighted by molar-refractivity contribution is 6.31. The molecule has 4 rings (SSSR count). The minimum absolute atomic E-state index is 0.00800. The Bertz CT molecular complexity index is 1400. The number of halogens is 1. The summed E-state index contributed by atoms with van der Waals surface area (Å²) >= 11 is 6.19. The molecule has 1 aromatic carbocycles. The monoisotopic (exact) mass is 521 g/mol. The van der Waals surface area contributed by atoms with Gasteiger partial charge in [-0.1, -0.05) is 60.5 Å². The summed E-state index contributed by atoms with van der Waals surface area (Å²) in [5.41, 5.74) is 2.40. The van der Waals surface area contributed by atoms with Crippen molar-refractivity contribution in [2.75, 3.05) is 5.32 Å². The van der Waals surface area contributed by atoms with Gasteiger partial charge in [-0.3, -0.25) is 14.3 Å². The van der Waals surface area contributed by atoms with E-state index in [1.165, 1.54) is 0 Å². The summed E-state index contributed by atoms with van der Waals surface area (Å²) in [5.74, 6) is 0.599. The zero-order valence-corrected chi connectivity index (χ0v) is 22.2. The molecule has 0 spiro atoms. The van der Waals surface area contributed by atoms with Crippen LogP contribution in [0.2, 0.25) is 0 Å². The predicted molar refractivity (Wildman–Crippen MR) is 145 cm³/mol. The fraction of sp³-hybridized carbons (Fsp3) is 0.357. The van der Waals surface area contributed by atoms with Gasteiger partial charge in [-0.05, 0) is 51.3 Å². The molecule has 1 aliphatic carbocycles. The molecule has 0 saturated heterocycles. The SMILES string of the molecule is C=C(C)/C=C\C(Cl)=C/Cc1nnc([C@H]2CCC[C@@H](C(=O)Nc3c(C)n(C)n(-c4ccccc4)c3=O)C2)o1. The van der Waals surface area contributed by atoms with Crippen LogP contribution in [0.25, 0.3) is 5.69 Å². The van der Waals surface area contributed by atoms with Crippen molar-refractivity contribution in [1.82, 2.24) is 19.6 Å². The molecule has 0 bridgehead atoms. The van der Waals surface area contributed by atoms with Crippen molar-refractivity contribution in [3.63, 3.8) is 0 Å². The molecule has 2 heterocycles. The molecule has 1 fully saturated rings. The molecule has 1 aliphatic rings. The zero-order valence-electron chi connectivity index (χ0n) is 21.4. The van der Waals surface area contributed by atoms with E-state index in [0.29, 0.717) is 41.0 Å². The summed E-state index contributed by atoms with van der Waals surface area (Å²) in [4.78, 5) is 26.4. The van der Waals surface area contributed by atoms with Gasteiger partial charge in [0.05, 0.1) is 11.4 Å². The minimum atomic E-state index is -0.252. The maximum absolute atomic E-state index is 13.2. The van der Waals surface area contributed by atoms with Gasteiger partial charge in [-0.2, -0.15) is 0 Å². The van der Waals surface area contributed by atoms with E-state index in [-0.39, 0.29) is 23.3 Å². The second kappa shape index (κ2) is 11.6.